The highest BCUT2D eigenvalue weighted by Crippen LogP contribution is 2.44. The molecule has 1 amide bonds. The predicted octanol–water partition coefficient (Wildman–Crippen LogP) is 1.75. The van der Waals surface area contributed by atoms with E-state index in [9.17, 15) is 17.6 Å². The Morgan fingerprint density at radius 2 is 1.74 bits per heavy atom. The normalized spacial score (nSPS) is 18.4. The van der Waals surface area contributed by atoms with Crippen molar-refractivity contribution in [3.8, 4) is 0 Å². The molecule has 0 heterocycles. The van der Waals surface area contributed by atoms with Crippen LogP contribution in [-0.2, 0) is 14.8 Å². The van der Waals surface area contributed by atoms with Gasteiger partial charge in [-0.3, -0.25) is 4.79 Å². The third kappa shape index (κ3) is 3.90. The molecule has 0 bridgehead atoms. The zero-order chi connectivity index (χ0) is 16.6. The number of sulfonamides is 1. The van der Waals surface area contributed by atoms with Crippen LogP contribution in [-0.4, -0.2) is 38.3 Å². The second kappa shape index (κ2) is 6.20. The Hall–Kier alpha value is -1.47. The zero-order valence-electron chi connectivity index (χ0n) is 13.0. The van der Waals surface area contributed by atoms with E-state index in [1.807, 2.05) is 0 Å². The van der Waals surface area contributed by atoms with Crippen LogP contribution in [0.5, 0.6) is 0 Å². The molecule has 0 spiro atoms. The summed E-state index contributed by atoms with van der Waals surface area (Å²) in [4.78, 5) is 12.2. The largest absolute Gasteiger partial charge is 0.352 e. The molecule has 0 unspecified atom stereocenters. The number of rotatable bonds is 7. The number of amides is 1. The van der Waals surface area contributed by atoms with Crippen molar-refractivity contribution >= 4 is 15.9 Å². The van der Waals surface area contributed by atoms with Crippen LogP contribution in [0.15, 0.2) is 29.2 Å². The fourth-order valence-corrected chi connectivity index (χ4v) is 3.96. The summed E-state index contributed by atoms with van der Waals surface area (Å²) in [7, 11) is -2.43. The smallest absolute Gasteiger partial charge is 0.243 e. The van der Waals surface area contributed by atoms with E-state index in [1.165, 1.54) is 19.2 Å². The summed E-state index contributed by atoms with van der Waals surface area (Å²) in [5, 5.41) is 3.00. The van der Waals surface area contributed by atoms with Crippen molar-refractivity contribution < 1.29 is 17.6 Å². The molecular formula is C16H21FN2O3S. The second-order valence-electron chi connectivity index (χ2n) is 6.48. The minimum atomic E-state index is -3.79. The molecule has 1 N–H and O–H groups in total. The Kier molecular flexibility index (Phi) is 4.42. The first-order valence-electron chi connectivity index (χ1n) is 7.89. The van der Waals surface area contributed by atoms with Gasteiger partial charge in [0.2, 0.25) is 15.9 Å². The molecule has 0 aliphatic heterocycles. The molecule has 1 aromatic rings. The number of likely N-dealkylation sites (N-methyl/N-ethyl adjacent to an activating group) is 1. The molecule has 0 atom stereocenters. The maximum Gasteiger partial charge on any atom is 0.243 e. The highest BCUT2D eigenvalue weighted by Gasteiger charge is 2.42. The minimum absolute atomic E-state index is 0.0184. The summed E-state index contributed by atoms with van der Waals surface area (Å²) in [5.41, 5.74) is 0. The fourth-order valence-electron chi connectivity index (χ4n) is 2.84. The number of nitrogens with zero attached hydrogens (tertiary/aromatic N) is 1. The van der Waals surface area contributed by atoms with Crippen LogP contribution in [0.1, 0.15) is 25.7 Å². The van der Waals surface area contributed by atoms with Gasteiger partial charge >= 0.3 is 0 Å². The Labute approximate surface area is 135 Å². The Bertz CT molecular complexity index is 670. The number of carbonyl (C=O) groups is 1. The molecular weight excluding hydrogens is 319 g/mol. The molecule has 5 nitrogen and oxygen atoms in total. The number of halogens is 1. The summed E-state index contributed by atoms with van der Waals surface area (Å²) in [6.07, 6.45) is 4.58. The van der Waals surface area contributed by atoms with Gasteiger partial charge in [-0.15, -0.1) is 0 Å². The number of hydrogen-bond acceptors (Lipinski definition) is 3. The summed E-state index contributed by atoms with van der Waals surface area (Å²) in [6.45, 7) is -0.227. The first kappa shape index (κ1) is 16.4. The highest BCUT2D eigenvalue weighted by atomic mass is 32.2. The van der Waals surface area contributed by atoms with E-state index in [0.717, 1.165) is 42.1 Å². The average molecular weight is 340 g/mol. The SMILES string of the molecule is CN(CC(=O)NC(C1CC1)C1CC1)S(=O)(=O)c1ccc(F)cc1. The average Bonchev–Trinajstić information content (AvgIpc) is 3.38. The van der Waals surface area contributed by atoms with E-state index in [4.69, 9.17) is 0 Å². The zero-order valence-corrected chi connectivity index (χ0v) is 13.9. The van der Waals surface area contributed by atoms with Crippen LogP contribution >= 0.6 is 0 Å². The van der Waals surface area contributed by atoms with Crippen molar-refractivity contribution in [3.63, 3.8) is 0 Å². The molecule has 2 aliphatic carbocycles. The lowest BCUT2D eigenvalue weighted by Crippen LogP contribution is -2.44. The lowest BCUT2D eigenvalue weighted by Gasteiger charge is -2.21. The van der Waals surface area contributed by atoms with Gasteiger partial charge in [0.15, 0.2) is 0 Å². The molecule has 0 saturated heterocycles. The van der Waals surface area contributed by atoms with Crippen LogP contribution in [0.4, 0.5) is 4.39 Å². The van der Waals surface area contributed by atoms with Crippen molar-refractivity contribution in [1.82, 2.24) is 9.62 Å². The van der Waals surface area contributed by atoms with E-state index in [1.54, 1.807) is 0 Å². The predicted molar refractivity (Wildman–Crippen MR) is 83.6 cm³/mol. The van der Waals surface area contributed by atoms with Crippen molar-refractivity contribution in [3.05, 3.63) is 30.1 Å². The summed E-state index contributed by atoms with van der Waals surface area (Å²) in [5.74, 6) is 0.346. The molecule has 0 radical (unpaired) electrons. The Morgan fingerprint density at radius 1 is 1.22 bits per heavy atom. The lowest BCUT2D eigenvalue weighted by atomic mass is 10.1. The van der Waals surface area contributed by atoms with Crippen molar-refractivity contribution in [2.45, 2.75) is 36.6 Å². The summed E-state index contributed by atoms with van der Waals surface area (Å²) in [6, 6.07) is 4.80. The van der Waals surface area contributed by atoms with E-state index in [-0.39, 0.29) is 23.4 Å². The van der Waals surface area contributed by atoms with Gasteiger partial charge < -0.3 is 5.32 Å². The van der Waals surface area contributed by atoms with Gasteiger partial charge in [-0.2, -0.15) is 4.31 Å². The van der Waals surface area contributed by atoms with Crippen molar-refractivity contribution in [2.24, 2.45) is 11.8 Å². The van der Waals surface area contributed by atoms with Crippen LogP contribution in [0, 0.1) is 17.7 Å². The molecule has 23 heavy (non-hydrogen) atoms. The topological polar surface area (TPSA) is 66.5 Å². The van der Waals surface area contributed by atoms with Gasteiger partial charge in [0.05, 0.1) is 11.4 Å². The first-order chi connectivity index (χ1) is 10.9. The first-order valence-corrected chi connectivity index (χ1v) is 9.33. The molecule has 126 valence electrons. The summed E-state index contributed by atoms with van der Waals surface area (Å²) >= 11 is 0. The molecule has 2 fully saturated rings. The Morgan fingerprint density at radius 3 is 2.22 bits per heavy atom. The molecule has 1 aromatic carbocycles. The number of benzene rings is 1. The fraction of sp³-hybridized carbons (Fsp3) is 0.562. The quantitative estimate of drug-likeness (QED) is 0.822. The van der Waals surface area contributed by atoms with Gasteiger partial charge in [-0.1, -0.05) is 0 Å². The van der Waals surface area contributed by atoms with Gasteiger partial charge in [0.1, 0.15) is 5.82 Å². The number of nitrogens with one attached hydrogen (secondary N) is 1. The summed E-state index contributed by atoms with van der Waals surface area (Å²) < 4.78 is 38.7. The molecule has 2 aliphatic rings. The minimum Gasteiger partial charge on any atom is -0.352 e. The van der Waals surface area contributed by atoms with Gasteiger partial charge in [-0.05, 0) is 61.8 Å². The van der Waals surface area contributed by atoms with E-state index in [0.29, 0.717) is 11.8 Å². The molecule has 7 heteroatoms. The number of hydrogen-bond donors (Lipinski definition) is 1. The maximum absolute atomic E-state index is 12.9. The van der Waals surface area contributed by atoms with Crippen LogP contribution in [0.3, 0.4) is 0 Å². The standard InChI is InChI=1S/C16H21FN2O3S/c1-19(23(21,22)14-8-6-13(17)7-9-14)10-15(20)18-16(11-2-3-11)12-4-5-12/h6-9,11-12,16H,2-5,10H2,1H3,(H,18,20). The lowest BCUT2D eigenvalue weighted by molar-refractivity contribution is -0.122. The van der Waals surface area contributed by atoms with E-state index < -0.39 is 15.8 Å². The van der Waals surface area contributed by atoms with Gasteiger partial charge in [-0.25, -0.2) is 12.8 Å². The van der Waals surface area contributed by atoms with Crippen LogP contribution < -0.4 is 5.32 Å². The van der Waals surface area contributed by atoms with Gasteiger partial charge in [0, 0.05) is 13.1 Å². The Balaban J connectivity index is 1.61. The second-order valence-corrected chi connectivity index (χ2v) is 8.53. The molecule has 2 saturated carbocycles. The van der Waals surface area contributed by atoms with E-state index in [2.05, 4.69) is 5.32 Å². The molecule has 3 rings (SSSR count). The van der Waals surface area contributed by atoms with Crippen molar-refractivity contribution in [1.29, 1.82) is 0 Å². The highest BCUT2D eigenvalue weighted by molar-refractivity contribution is 7.89. The number of carbonyl (C=O) groups excluding carboxylic acids is 1. The van der Waals surface area contributed by atoms with E-state index >= 15 is 0 Å². The third-order valence-corrected chi connectivity index (χ3v) is 6.29. The molecule has 0 aromatic heterocycles. The third-order valence-electron chi connectivity index (χ3n) is 4.48. The van der Waals surface area contributed by atoms with Gasteiger partial charge in [0.25, 0.3) is 0 Å². The van der Waals surface area contributed by atoms with Crippen molar-refractivity contribution in [2.75, 3.05) is 13.6 Å². The van der Waals surface area contributed by atoms with Crippen LogP contribution in [0.25, 0.3) is 0 Å². The van der Waals surface area contributed by atoms with Crippen LogP contribution in [0.2, 0.25) is 0 Å². The monoisotopic (exact) mass is 340 g/mol. The maximum atomic E-state index is 12.9.